The van der Waals surface area contributed by atoms with Gasteiger partial charge in [0.25, 0.3) is 17.8 Å². The van der Waals surface area contributed by atoms with Crippen LogP contribution in [-0.4, -0.2) is 19.6 Å². The molecule has 8 heteroatoms. The largest absolute Gasteiger partial charge is 0.368 e. The van der Waals surface area contributed by atoms with Gasteiger partial charge in [-0.25, -0.2) is 13.8 Å². The van der Waals surface area contributed by atoms with E-state index in [1.807, 2.05) is 0 Å². The van der Waals surface area contributed by atoms with Gasteiger partial charge in [-0.3, -0.25) is 9.89 Å². The molecular weight excluding hydrogens is 196 g/mol. The maximum atomic E-state index is 12.2. The number of nitrogens with zero attached hydrogens (tertiary/aromatic N) is 3. The lowest BCUT2D eigenvalue weighted by atomic mass is 10.4. The topological polar surface area (TPSA) is 89.1 Å². The number of rotatable bonds is 1. The first-order chi connectivity index (χ1) is 6.58. The van der Waals surface area contributed by atoms with Crippen LogP contribution in [0.5, 0.6) is 0 Å². The van der Waals surface area contributed by atoms with Crippen molar-refractivity contribution in [2.75, 3.05) is 5.73 Å². The molecule has 0 saturated carbocycles. The molecule has 2 aromatic rings. The van der Waals surface area contributed by atoms with E-state index in [2.05, 4.69) is 15.1 Å². The fraction of sp³-hybridized carbons (Fsp3) is 0.167. The van der Waals surface area contributed by atoms with E-state index in [9.17, 15) is 13.6 Å². The van der Waals surface area contributed by atoms with Crippen LogP contribution < -0.4 is 11.3 Å². The van der Waals surface area contributed by atoms with Gasteiger partial charge in [0.05, 0.1) is 0 Å². The van der Waals surface area contributed by atoms with Crippen LogP contribution in [0.4, 0.5) is 14.7 Å². The molecular formula is C6H5F2N5O. The smallest absolute Gasteiger partial charge is 0.280 e. The molecule has 6 nitrogen and oxygen atoms in total. The fourth-order valence-corrected chi connectivity index (χ4v) is 1.03. The van der Waals surface area contributed by atoms with Crippen molar-refractivity contribution in [2.45, 2.75) is 6.43 Å². The average Bonchev–Trinajstić information content (AvgIpc) is 2.45. The zero-order chi connectivity index (χ0) is 10.3. The Balaban J connectivity index is 2.78. The van der Waals surface area contributed by atoms with E-state index in [-0.39, 0.29) is 11.7 Å². The van der Waals surface area contributed by atoms with Gasteiger partial charge in [0, 0.05) is 6.07 Å². The predicted molar refractivity (Wildman–Crippen MR) is 43.0 cm³/mol. The molecule has 0 aliphatic rings. The van der Waals surface area contributed by atoms with Crippen LogP contribution in [0, 0.1) is 0 Å². The van der Waals surface area contributed by atoms with Crippen LogP contribution in [-0.2, 0) is 0 Å². The highest BCUT2D eigenvalue weighted by Crippen LogP contribution is 2.14. The van der Waals surface area contributed by atoms with Gasteiger partial charge in [-0.1, -0.05) is 0 Å². The highest BCUT2D eigenvalue weighted by atomic mass is 19.3. The summed E-state index contributed by atoms with van der Waals surface area (Å²) in [7, 11) is 0. The highest BCUT2D eigenvalue weighted by molar-refractivity contribution is 5.34. The van der Waals surface area contributed by atoms with Crippen LogP contribution in [0.2, 0.25) is 0 Å². The van der Waals surface area contributed by atoms with E-state index in [4.69, 9.17) is 5.73 Å². The number of anilines is 1. The molecule has 0 aliphatic carbocycles. The van der Waals surface area contributed by atoms with Crippen molar-refractivity contribution in [3.8, 4) is 0 Å². The lowest BCUT2D eigenvalue weighted by molar-refractivity contribution is 0.146. The first kappa shape index (κ1) is 8.60. The van der Waals surface area contributed by atoms with Crippen LogP contribution in [0.25, 0.3) is 5.78 Å². The Bertz CT molecular complexity index is 530. The van der Waals surface area contributed by atoms with Gasteiger partial charge in [0.1, 0.15) is 5.69 Å². The second-order valence-corrected chi connectivity index (χ2v) is 2.56. The first-order valence-corrected chi connectivity index (χ1v) is 3.61. The third-order valence-electron chi connectivity index (χ3n) is 1.59. The van der Waals surface area contributed by atoms with E-state index >= 15 is 0 Å². The number of aromatic amines is 1. The number of nitrogen functional groups attached to an aromatic ring is 1. The molecule has 0 radical (unpaired) electrons. The molecule has 0 amide bonds. The van der Waals surface area contributed by atoms with E-state index in [1.165, 1.54) is 0 Å². The standard InChI is InChI=1S/C6H5F2N5O/c7-4(8)2-1-3(14)13-6(10-2)11-5(9)12-13/h1,4H,(H3,9,10,11,12). The van der Waals surface area contributed by atoms with Gasteiger partial charge >= 0.3 is 0 Å². The Kier molecular flexibility index (Phi) is 1.69. The van der Waals surface area contributed by atoms with Crippen molar-refractivity contribution in [3.63, 3.8) is 0 Å². The molecule has 2 heterocycles. The van der Waals surface area contributed by atoms with Crippen molar-refractivity contribution in [1.29, 1.82) is 0 Å². The zero-order valence-corrected chi connectivity index (χ0v) is 6.74. The normalized spacial score (nSPS) is 11.4. The van der Waals surface area contributed by atoms with Gasteiger partial charge in [0.15, 0.2) is 0 Å². The molecule has 0 bridgehead atoms. The Labute approximate surface area is 75.4 Å². The van der Waals surface area contributed by atoms with E-state index in [0.29, 0.717) is 0 Å². The molecule has 0 atom stereocenters. The van der Waals surface area contributed by atoms with E-state index in [0.717, 1.165) is 10.6 Å². The van der Waals surface area contributed by atoms with Crippen LogP contribution >= 0.6 is 0 Å². The molecule has 0 fully saturated rings. The minimum absolute atomic E-state index is 0.0546. The number of H-pyrrole nitrogens is 1. The van der Waals surface area contributed by atoms with Crippen molar-refractivity contribution >= 4 is 11.7 Å². The van der Waals surface area contributed by atoms with E-state index in [1.54, 1.807) is 0 Å². The van der Waals surface area contributed by atoms with Gasteiger partial charge < -0.3 is 5.73 Å². The van der Waals surface area contributed by atoms with Crippen LogP contribution in [0.15, 0.2) is 10.9 Å². The summed E-state index contributed by atoms with van der Waals surface area (Å²) in [4.78, 5) is 18.2. The SMILES string of the molecule is Nc1nc2nc(C(F)F)cc(=O)n2[nH]1. The summed E-state index contributed by atoms with van der Waals surface area (Å²) < 4.78 is 25.3. The summed E-state index contributed by atoms with van der Waals surface area (Å²) in [5, 5.41) is 2.36. The first-order valence-electron chi connectivity index (χ1n) is 3.61. The van der Waals surface area contributed by atoms with E-state index < -0.39 is 17.7 Å². The summed E-state index contributed by atoms with van der Waals surface area (Å²) in [6, 6.07) is 0.731. The van der Waals surface area contributed by atoms with Crippen LogP contribution in [0.3, 0.4) is 0 Å². The lowest BCUT2D eigenvalue weighted by Crippen LogP contribution is -2.15. The highest BCUT2D eigenvalue weighted by Gasteiger charge is 2.13. The molecule has 2 aromatic heterocycles. The van der Waals surface area contributed by atoms with Crippen molar-refractivity contribution < 1.29 is 8.78 Å². The third-order valence-corrected chi connectivity index (χ3v) is 1.59. The van der Waals surface area contributed by atoms with Gasteiger partial charge in [-0.2, -0.15) is 9.50 Å². The monoisotopic (exact) mass is 201 g/mol. The number of fused-ring (bicyclic) bond motifs is 1. The van der Waals surface area contributed by atoms with Gasteiger partial charge in [-0.15, -0.1) is 0 Å². The quantitative estimate of drug-likeness (QED) is 0.676. The minimum Gasteiger partial charge on any atom is -0.368 e. The second-order valence-electron chi connectivity index (χ2n) is 2.56. The summed E-state index contributed by atoms with van der Waals surface area (Å²) in [5.74, 6) is -0.216. The Morgan fingerprint density at radius 3 is 2.86 bits per heavy atom. The maximum Gasteiger partial charge on any atom is 0.280 e. The minimum atomic E-state index is -2.80. The molecule has 0 aliphatic heterocycles. The number of alkyl halides is 2. The Morgan fingerprint density at radius 2 is 2.21 bits per heavy atom. The number of aromatic nitrogens is 4. The predicted octanol–water partition coefficient (Wildman–Crippen LogP) is -0.0626. The molecule has 14 heavy (non-hydrogen) atoms. The number of halogens is 2. The van der Waals surface area contributed by atoms with Crippen molar-refractivity contribution in [2.24, 2.45) is 0 Å². The number of hydrogen-bond acceptors (Lipinski definition) is 4. The molecule has 0 spiro atoms. The molecule has 0 aromatic carbocycles. The molecule has 74 valence electrons. The van der Waals surface area contributed by atoms with Crippen LogP contribution in [0.1, 0.15) is 12.1 Å². The van der Waals surface area contributed by atoms with Crippen molar-refractivity contribution in [1.82, 2.24) is 19.6 Å². The molecule has 3 N–H and O–H groups in total. The molecule has 2 rings (SSSR count). The van der Waals surface area contributed by atoms with Crippen molar-refractivity contribution in [3.05, 3.63) is 22.1 Å². The summed E-state index contributed by atoms with van der Waals surface area (Å²) >= 11 is 0. The Morgan fingerprint density at radius 1 is 1.50 bits per heavy atom. The number of nitrogens with two attached hydrogens (primary N) is 1. The second kappa shape index (κ2) is 2.76. The average molecular weight is 201 g/mol. The lowest BCUT2D eigenvalue weighted by Gasteiger charge is -1.96. The van der Waals surface area contributed by atoms with Gasteiger partial charge in [0.2, 0.25) is 5.95 Å². The maximum absolute atomic E-state index is 12.2. The fourth-order valence-electron chi connectivity index (χ4n) is 1.03. The molecule has 0 saturated heterocycles. The van der Waals surface area contributed by atoms with Gasteiger partial charge in [-0.05, 0) is 0 Å². The number of nitrogens with one attached hydrogen (secondary N) is 1. The summed E-state index contributed by atoms with van der Waals surface area (Å²) in [5.41, 5.74) is 3.95. The summed E-state index contributed by atoms with van der Waals surface area (Å²) in [6.45, 7) is 0. The third kappa shape index (κ3) is 1.20. The summed E-state index contributed by atoms with van der Waals surface area (Å²) in [6.07, 6.45) is -2.80. The number of hydrogen-bond donors (Lipinski definition) is 2. The molecule has 0 unspecified atom stereocenters. The zero-order valence-electron chi connectivity index (χ0n) is 6.74. The Hall–Kier alpha value is -1.99.